The fourth-order valence-corrected chi connectivity index (χ4v) is 13.8. The van der Waals surface area contributed by atoms with Crippen LogP contribution in [0.15, 0.2) is 78.9 Å². The van der Waals surface area contributed by atoms with Gasteiger partial charge in [0.1, 0.15) is 35.5 Å². The summed E-state index contributed by atoms with van der Waals surface area (Å²) in [5, 5.41) is 1.42. The highest BCUT2D eigenvalue weighted by Crippen LogP contribution is 2.60. The van der Waals surface area contributed by atoms with Crippen molar-refractivity contribution in [2.24, 2.45) is 0 Å². The van der Waals surface area contributed by atoms with Crippen LogP contribution in [0.3, 0.4) is 0 Å². The quantitative estimate of drug-likeness (QED) is 0.0709. The van der Waals surface area contributed by atoms with E-state index in [0.29, 0.717) is 70.9 Å². The van der Waals surface area contributed by atoms with Gasteiger partial charge in [-0.1, -0.05) is 44.2 Å². The molecular formula is C56H70F2O9Si. The van der Waals surface area contributed by atoms with Gasteiger partial charge in [0.25, 0.3) is 0 Å². The van der Waals surface area contributed by atoms with Crippen LogP contribution in [0.4, 0.5) is 8.78 Å². The Hall–Kier alpha value is -4.98. The third-order valence-electron chi connectivity index (χ3n) is 12.2. The van der Waals surface area contributed by atoms with E-state index >= 15 is 8.78 Å². The van der Waals surface area contributed by atoms with E-state index in [1.807, 2.05) is 143 Å². The van der Waals surface area contributed by atoms with E-state index in [9.17, 15) is 0 Å². The molecule has 1 atom stereocenters. The zero-order valence-electron chi connectivity index (χ0n) is 42.8. The molecule has 0 spiro atoms. The minimum atomic E-state index is -3.21. The van der Waals surface area contributed by atoms with Crippen molar-refractivity contribution in [3.8, 4) is 39.9 Å². The second-order valence-corrected chi connectivity index (χ2v) is 24.4. The highest BCUT2D eigenvalue weighted by atomic mass is 28.4. The average Bonchev–Trinajstić information content (AvgIpc) is 3.48. The van der Waals surface area contributed by atoms with Gasteiger partial charge >= 0.3 is 8.80 Å². The molecule has 0 aromatic heterocycles. The molecular weight excluding hydrogens is 883 g/mol. The molecule has 0 saturated carbocycles. The van der Waals surface area contributed by atoms with Crippen molar-refractivity contribution in [2.45, 2.75) is 136 Å². The normalized spacial score (nSPS) is 16.8. The molecule has 1 heterocycles. The zero-order chi connectivity index (χ0) is 49.8. The Kier molecular flexibility index (Phi) is 13.8. The van der Waals surface area contributed by atoms with E-state index in [1.165, 1.54) is 6.07 Å². The van der Waals surface area contributed by atoms with Gasteiger partial charge in [0.2, 0.25) is 0 Å². The molecule has 5 aromatic rings. The fraction of sp³-hybridized carbons (Fsp3) is 0.464. The van der Waals surface area contributed by atoms with Crippen molar-refractivity contribution in [1.29, 1.82) is 0 Å². The summed E-state index contributed by atoms with van der Waals surface area (Å²) < 4.78 is 88.6. The minimum absolute atomic E-state index is 0.319. The summed E-state index contributed by atoms with van der Waals surface area (Å²) in [6, 6.07) is 22.4. The first-order valence-electron chi connectivity index (χ1n) is 23.4. The molecule has 2 aliphatic rings. The van der Waals surface area contributed by atoms with Crippen LogP contribution in [0, 0.1) is 11.6 Å². The number of hydrogen-bond donors (Lipinski definition) is 0. The summed E-state index contributed by atoms with van der Waals surface area (Å²) >= 11 is 0. The number of benzene rings is 5. The molecule has 0 radical (unpaired) electrons. The Bertz CT molecular complexity index is 2630. The summed E-state index contributed by atoms with van der Waals surface area (Å²) in [5.74, 6) is 1.65. The van der Waals surface area contributed by atoms with Crippen LogP contribution >= 0.6 is 0 Å². The van der Waals surface area contributed by atoms with Gasteiger partial charge in [-0.3, -0.25) is 0 Å². The van der Waals surface area contributed by atoms with Crippen LogP contribution in [0.2, 0.25) is 6.04 Å². The number of hydrogen-bond acceptors (Lipinski definition) is 9. The number of halogens is 2. The van der Waals surface area contributed by atoms with Gasteiger partial charge < -0.3 is 41.7 Å². The smallest absolute Gasteiger partial charge is 0.497 e. The Morgan fingerprint density at radius 1 is 0.618 bits per heavy atom. The standard InChI is InChI=1S/C56H70F2O9Si/c1-51(2,3)65-68(66-52(4,5)6,67-53(7,8)9)30-27-54(10,11)63-29-28-62-39-23-19-36(20-24-39)56(35-17-21-38(59-14)22-18-35)26-25-40-49-47(43-31-37(57)32-44(58)48(43)55(49,12)13)41-33-45(60-15)46(61-16)34-42(41)50(40)64-56/h17-26,31-34H,27-30H2,1-16H3. The average molecular weight is 953 g/mol. The Morgan fingerprint density at radius 3 is 1.66 bits per heavy atom. The summed E-state index contributed by atoms with van der Waals surface area (Å²) in [6.07, 6.45) is 4.74. The van der Waals surface area contributed by atoms with Crippen molar-refractivity contribution in [3.63, 3.8) is 0 Å². The molecule has 0 amide bonds. The SMILES string of the molecule is COc1ccc(C2(c3ccc(OCCOC(C)(C)CC[Si](OC(C)(C)C)(OC(C)(C)C)OC(C)(C)C)cc3)C=Cc3c4c(c5cc(OC)c(OC)cc5c3O2)-c2cc(F)cc(F)c2C4(C)C)cc1. The van der Waals surface area contributed by atoms with Crippen LogP contribution in [0.1, 0.15) is 124 Å². The van der Waals surface area contributed by atoms with Crippen molar-refractivity contribution in [3.05, 3.63) is 118 Å². The molecule has 9 nitrogen and oxygen atoms in total. The van der Waals surface area contributed by atoms with E-state index in [4.69, 9.17) is 41.7 Å². The van der Waals surface area contributed by atoms with Gasteiger partial charge in [0, 0.05) is 45.2 Å². The Labute approximate surface area is 403 Å². The summed E-state index contributed by atoms with van der Waals surface area (Å²) in [4.78, 5) is 0. The molecule has 1 aliphatic carbocycles. The van der Waals surface area contributed by atoms with Gasteiger partial charge in [-0.15, -0.1) is 0 Å². The van der Waals surface area contributed by atoms with Crippen molar-refractivity contribution in [2.75, 3.05) is 34.5 Å². The van der Waals surface area contributed by atoms with Crippen LogP contribution in [-0.2, 0) is 29.0 Å². The monoisotopic (exact) mass is 952 g/mol. The van der Waals surface area contributed by atoms with E-state index in [2.05, 4.69) is 19.9 Å². The molecule has 12 heteroatoms. The lowest BCUT2D eigenvalue weighted by molar-refractivity contribution is -0.0823. The van der Waals surface area contributed by atoms with Gasteiger partial charge in [-0.25, -0.2) is 8.78 Å². The third kappa shape index (κ3) is 10.5. The zero-order valence-corrected chi connectivity index (χ0v) is 43.8. The van der Waals surface area contributed by atoms with E-state index in [1.54, 1.807) is 21.3 Å². The van der Waals surface area contributed by atoms with Gasteiger partial charge in [0.15, 0.2) is 17.1 Å². The van der Waals surface area contributed by atoms with E-state index < -0.39 is 53.9 Å². The van der Waals surface area contributed by atoms with Crippen molar-refractivity contribution < 1.29 is 50.5 Å². The predicted molar refractivity (Wildman–Crippen MR) is 268 cm³/mol. The number of rotatable bonds is 16. The van der Waals surface area contributed by atoms with Gasteiger partial charge in [0.05, 0.1) is 50.3 Å². The largest absolute Gasteiger partial charge is 0.502 e. The van der Waals surface area contributed by atoms with Crippen molar-refractivity contribution >= 4 is 25.7 Å². The Balaban J connectivity index is 1.19. The molecule has 0 bridgehead atoms. The molecule has 366 valence electrons. The van der Waals surface area contributed by atoms with Crippen LogP contribution in [0.5, 0.6) is 28.7 Å². The summed E-state index contributed by atoms with van der Waals surface area (Å²) in [5.41, 5.74) is 0.991. The first-order chi connectivity index (χ1) is 31.6. The molecule has 0 N–H and O–H groups in total. The van der Waals surface area contributed by atoms with Crippen molar-refractivity contribution in [1.82, 2.24) is 0 Å². The number of methoxy groups -OCH3 is 3. The maximum absolute atomic E-state index is 16.0. The van der Waals surface area contributed by atoms with Crippen LogP contribution in [-0.4, -0.2) is 65.8 Å². The van der Waals surface area contributed by atoms with E-state index in [-0.39, 0.29) is 0 Å². The second-order valence-electron chi connectivity index (χ2n) is 21.9. The minimum Gasteiger partial charge on any atom is -0.497 e. The first kappa shape index (κ1) is 50.9. The molecule has 7 rings (SSSR count). The van der Waals surface area contributed by atoms with Gasteiger partial charge in [-0.05, 0) is 153 Å². The summed E-state index contributed by atoms with van der Waals surface area (Å²) in [6.45, 7) is 27.1. The highest BCUT2D eigenvalue weighted by Gasteiger charge is 2.51. The lowest BCUT2D eigenvalue weighted by Crippen LogP contribution is -2.57. The molecule has 0 fully saturated rings. The second kappa shape index (κ2) is 18.4. The first-order valence-corrected chi connectivity index (χ1v) is 25.3. The van der Waals surface area contributed by atoms with E-state index in [0.717, 1.165) is 39.3 Å². The maximum atomic E-state index is 16.0. The van der Waals surface area contributed by atoms with Gasteiger partial charge in [-0.2, -0.15) is 0 Å². The lowest BCUT2D eigenvalue weighted by atomic mass is 9.76. The lowest BCUT2D eigenvalue weighted by Gasteiger charge is -2.44. The predicted octanol–water partition coefficient (Wildman–Crippen LogP) is 13.7. The molecule has 5 aromatic carbocycles. The Morgan fingerprint density at radius 2 is 1.15 bits per heavy atom. The number of fused-ring (bicyclic) bond motifs is 8. The topological polar surface area (TPSA) is 83.1 Å². The molecule has 1 aliphatic heterocycles. The molecule has 0 saturated heterocycles. The number of ether oxygens (including phenoxy) is 6. The maximum Gasteiger partial charge on any atom is 0.502 e. The van der Waals surface area contributed by atoms with Crippen LogP contribution < -0.4 is 23.7 Å². The fourth-order valence-electron chi connectivity index (χ4n) is 9.66. The summed E-state index contributed by atoms with van der Waals surface area (Å²) in [7, 11) is 1.57. The molecule has 1 unspecified atom stereocenters. The highest BCUT2D eigenvalue weighted by molar-refractivity contribution is 6.61. The van der Waals surface area contributed by atoms with Crippen LogP contribution in [0.25, 0.3) is 28.0 Å². The third-order valence-corrected chi connectivity index (χ3v) is 15.8. The molecule has 68 heavy (non-hydrogen) atoms.